The van der Waals surface area contributed by atoms with Gasteiger partial charge in [-0.05, 0) is 49.9 Å². The summed E-state index contributed by atoms with van der Waals surface area (Å²) in [6, 6.07) is 8.10. The molecule has 0 saturated heterocycles. The second-order valence-electron chi connectivity index (χ2n) is 5.32. The molecule has 1 saturated carbocycles. The highest BCUT2D eigenvalue weighted by molar-refractivity contribution is 9.10. The molecule has 3 nitrogen and oxygen atoms in total. The van der Waals surface area contributed by atoms with E-state index in [1.807, 2.05) is 31.2 Å². The maximum Gasteiger partial charge on any atom is 0.223 e. The summed E-state index contributed by atoms with van der Waals surface area (Å²) in [7, 11) is 0. The topological polar surface area (TPSA) is 55.1 Å². The first kappa shape index (κ1) is 14.5. The normalized spacial score (nSPS) is 24.2. The maximum absolute atomic E-state index is 12.3. The van der Waals surface area contributed by atoms with E-state index in [0.29, 0.717) is 12.5 Å². The Labute approximate surface area is 123 Å². The van der Waals surface area contributed by atoms with Crippen LogP contribution < -0.4 is 11.1 Å². The van der Waals surface area contributed by atoms with Crippen molar-refractivity contribution in [2.45, 2.75) is 32.2 Å². The minimum Gasteiger partial charge on any atom is -0.349 e. The molecule has 1 fully saturated rings. The van der Waals surface area contributed by atoms with Crippen LogP contribution in [-0.2, 0) is 4.79 Å². The zero-order valence-electron chi connectivity index (χ0n) is 11.2. The Morgan fingerprint density at radius 1 is 1.42 bits per heavy atom. The monoisotopic (exact) mass is 324 g/mol. The van der Waals surface area contributed by atoms with Gasteiger partial charge in [-0.2, -0.15) is 0 Å². The molecule has 0 heterocycles. The Hall–Kier alpha value is -0.870. The van der Waals surface area contributed by atoms with Gasteiger partial charge in [0, 0.05) is 10.4 Å². The number of carbonyl (C=O) groups is 1. The van der Waals surface area contributed by atoms with Crippen LogP contribution in [0.25, 0.3) is 0 Å². The molecule has 1 aliphatic rings. The van der Waals surface area contributed by atoms with E-state index in [4.69, 9.17) is 5.73 Å². The Bertz CT molecular complexity index is 432. The fourth-order valence-corrected chi connectivity index (χ4v) is 3.08. The summed E-state index contributed by atoms with van der Waals surface area (Å²) >= 11 is 3.42. The predicted octanol–water partition coefficient (Wildman–Crippen LogP) is 3.00. The van der Waals surface area contributed by atoms with Crippen LogP contribution in [0.15, 0.2) is 28.7 Å². The van der Waals surface area contributed by atoms with Crippen LogP contribution in [0.5, 0.6) is 0 Å². The molecule has 0 radical (unpaired) electrons. The Morgan fingerprint density at radius 2 is 2.11 bits per heavy atom. The quantitative estimate of drug-likeness (QED) is 0.894. The summed E-state index contributed by atoms with van der Waals surface area (Å²) in [5, 5.41) is 3.11. The Kier molecular flexibility index (Phi) is 4.99. The molecule has 104 valence electrons. The molecule has 1 amide bonds. The second-order valence-corrected chi connectivity index (χ2v) is 6.23. The molecule has 0 spiro atoms. The van der Waals surface area contributed by atoms with Gasteiger partial charge in [0.05, 0.1) is 6.04 Å². The van der Waals surface area contributed by atoms with E-state index in [1.165, 1.54) is 0 Å². The molecule has 4 heteroatoms. The average molecular weight is 325 g/mol. The first-order valence-electron chi connectivity index (χ1n) is 6.87. The van der Waals surface area contributed by atoms with Crippen LogP contribution in [0.3, 0.4) is 0 Å². The number of hydrogen-bond acceptors (Lipinski definition) is 2. The molecule has 0 aliphatic heterocycles. The molecular formula is C15H21BrN2O. The Balaban J connectivity index is 1.96. The predicted molar refractivity (Wildman–Crippen MR) is 80.6 cm³/mol. The van der Waals surface area contributed by atoms with Crippen molar-refractivity contribution in [1.29, 1.82) is 0 Å². The smallest absolute Gasteiger partial charge is 0.223 e. The minimum absolute atomic E-state index is 0.0413. The van der Waals surface area contributed by atoms with Crippen LogP contribution in [0.4, 0.5) is 0 Å². The average Bonchev–Trinajstić information content (AvgIpc) is 2.87. The van der Waals surface area contributed by atoms with E-state index < -0.39 is 0 Å². The zero-order chi connectivity index (χ0) is 13.8. The van der Waals surface area contributed by atoms with Gasteiger partial charge in [-0.15, -0.1) is 0 Å². The molecule has 19 heavy (non-hydrogen) atoms. The summed E-state index contributed by atoms with van der Waals surface area (Å²) in [6.45, 7) is 2.64. The molecule has 3 atom stereocenters. The summed E-state index contributed by atoms with van der Waals surface area (Å²) in [6.07, 6.45) is 3.18. The largest absolute Gasteiger partial charge is 0.349 e. The van der Waals surface area contributed by atoms with E-state index in [0.717, 1.165) is 29.3 Å². The minimum atomic E-state index is 0.0413. The van der Waals surface area contributed by atoms with Gasteiger partial charge in [0.2, 0.25) is 5.91 Å². The van der Waals surface area contributed by atoms with Crippen LogP contribution in [-0.4, -0.2) is 12.5 Å². The number of rotatable bonds is 4. The van der Waals surface area contributed by atoms with Crippen molar-refractivity contribution in [3.05, 3.63) is 34.3 Å². The second kappa shape index (κ2) is 6.53. The highest BCUT2D eigenvalue weighted by Gasteiger charge is 2.32. The van der Waals surface area contributed by atoms with Gasteiger partial charge in [-0.1, -0.05) is 34.5 Å². The van der Waals surface area contributed by atoms with Crippen molar-refractivity contribution in [1.82, 2.24) is 5.32 Å². The highest BCUT2D eigenvalue weighted by atomic mass is 79.9. The first-order valence-corrected chi connectivity index (χ1v) is 7.67. The number of nitrogens with one attached hydrogen (secondary N) is 1. The van der Waals surface area contributed by atoms with Crippen molar-refractivity contribution < 1.29 is 4.79 Å². The molecule has 0 aromatic heterocycles. The van der Waals surface area contributed by atoms with Crippen molar-refractivity contribution in [2.24, 2.45) is 17.6 Å². The Morgan fingerprint density at radius 3 is 2.74 bits per heavy atom. The maximum atomic E-state index is 12.3. The van der Waals surface area contributed by atoms with E-state index in [2.05, 4.69) is 21.2 Å². The van der Waals surface area contributed by atoms with E-state index >= 15 is 0 Å². The highest BCUT2D eigenvalue weighted by Crippen LogP contribution is 2.31. The molecular weight excluding hydrogens is 304 g/mol. The first-order chi connectivity index (χ1) is 9.11. The third-order valence-corrected chi connectivity index (χ3v) is 4.56. The van der Waals surface area contributed by atoms with Gasteiger partial charge in [0.25, 0.3) is 0 Å². The molecule has 3 N–H and O–H groups in total. The molecule has 0 bridgehead atoms. The lowest BCUT2D eigenvalue weighted by Crippen LogP contribution is -2.36. The number of benzene rings is 1. The van der Waals surface area contributed by atoms with Gasteiger partial charge in [0.1, 0.15) is 0 Å². The van der Waals surface area contributed by atoms with Crippen molar-refractivity contribution in [2.75, 3.05) is 6.54 Å². The van der Waals surface area contributed by atoms with E-state index in [-0.39, 0.29) is 17.9 Å². The summed E-state index contributed by atoms with van der Waals surface area (Å²) < 4.78 is 1.05. The van der Waals surface area contributed by atoms with Crippen LogP contribution in [0, 0.1) is 11.8 Å². The van der Waals surface area contributed by atoms with Gasteiger partial charge >= 0.3 is 0 Å². The van der Waals surface area contributed by atoms with Gasteiger partial charge in [0.15, 0.2) is 0 Å². The van der Waals surface area contributed by atoms with Crippen molar-refractivity contribution in [3.8, 4) is 0 Å². The molecule has 1 aromatic carbocycles. The fraction of sp³-hybridized carbons (Fsp3) is 0.533. The number of amides is 1. The lowest BCUT2D eigenvalue weighted by molar-refractivity contribution is -0.126. The summed E-state index contributed by atoms with van der Waals surface area (Å²) in [5.41, 5.74) is 6.86. The van der Waals surface area contributed by atoms with Crippen molar-refractivity contribution in [3.63, 3.8) is 0 Å². The van der Waals surface area contributed by atoms with Gasteiger partial charge in [-0.3, -0.25) is 4.79 Å². The molecule has 1 aliphatic carbocycles. The molecule has 2 unspecified atom stereocenters. The van der Waals surface area contributed by atoms with E-state index in [1.54, 1.807) is 0 Å². The third-order valence-electron chi connectivity index (χ3n) is 4.03. The lowest BCUT2D eigenvalue weighted by atomic mass is 9.95. The van der Waals surface area contributed by atoms with Gasteiger partial charge in [-0.25, -0.2) is 0 Å². The summed E-state index contributed by atoms with van der Waals surface area (Å²) in [4.78, 5) is 12.3. The fourth-order valence-electron chi connectivity index (χ4n) is 2.82. The van der Waals surface area contributed by atoms with E-state index in [9.17, 15) is 4.79 Å². The van der Waals surface area contributed by atoms with Crippen LogP contribution in [0.1, 0.15) is 37.8 Å². The van der Waals surface area contributed by atoms with Crippen LogP contribution >= 0.6 is 15.9 Å². The zero-order valence-corrected chi connectivity index (χ0v) is 12.8. The SMILES string of the molecule is C[C@@H](NC(=O)C1CCCC1CN)c1ccc(Br)cc1. The number of halogens is 1. The third kappa shape index (κ3) is 3.57. The summed E-state index contributed by atoms with van der Waals surface area (Å²) in [5.74, 6) is 0.614. The lowest BCUT2D eigenvalue weighted by Gasteiger charge is -2.21. The molecule has 2 rings (SSSR count). The number of carbonyl (C=O) groups excluding carboxylic acids is 1. The molecule has 1 aromatic rings. The van der Waals surface area contributed by atoms with Crippen LogP contribution in [0.2, 0.25) is 0 Å². The standard InChI is InChI=1S/C15H21BrN2O/c1-10(11-5-7-13(16)8-6-11)18-15(19)14-4-2-3-12(14)9-17/h5-8,10,12,14H,2-4,9,17H2,1H3,(H,18,19)/t10-,12?,14?/m1/s1. The number of hydrogen-bond donors (Lipinski definition) is 2. The van der Waals surface area contributed by atoms with Gasteiger partial charge < -0.3 is 11.1 Å². The van der Waals surface area contributed by atoms with Crippen molar-refractivity contribution >= 4 is 21.8 Å². The number of nitrogens with two attached hydrogens (primary N) is 1.